The number of benzene rings is 2. The van der Waals surface area contributed by atoms with Crippen molar-refractivity contribution in [1.29, 1.82) is 0 Å². The minimum absolute atomic E-state index is 0.0873. The fraction of sp³-hybridized carbons (Fsp3) is 0.278. The number of nitrogens with two attached hydrogens (primary N) is 1. The lowest BCUT2D eigenvalue weighted by Crippen LogP contribution is -2.22. The van der Waals surface area contributed by atoms with Gasteiger partial charge >= 0.3 is 6.61 Å². The van der Waals surface area contributed by atoms with Gasteiger partial charge in [-0.05, 0) is 44.2 Å². The maximum Gasteiger partial charge on any atom is 0.387 e. The SMILES string of the molecule is CC(C)Oc1ccc(NC(N)=NCc2ccccc2OC(F)F)cc1. The number of nitrogens with one attached hydrogen (secondary N) is 1. The van der Waals surface area contributed by atoms with E-state index in [1.54, 1.807) is 18.2 Å². The monoisotopic (exact) mass is 349 g/mol. The van der Waals surface area contributed by atoms with E-state index in [4.69, 9.17) is 10.5 Å². The summed E-state index contributed by atoms with van der Waals surface area (Å²) in [4.78, 5) is 4.16. The number of hydrogen-bond donors (Lipinski definition) is 2. The first-order valence-corrected chi connectivity index (χ1v) is 7.80. The highest BCUT2D eigenvalue weighted by Gasteiger charge is 2.08. The van der Waals surface area contributed by atoms with Gasteiger partial charge in [0.15, 0.2) is 5.96 Å². The number of ether oxygens (including phenoxy) is 2. The van der Waals surface area contributed by atoms with Crippen molar-refractivity contribution in [2.75, 3.05) is 5.32 Å². The highest BCUT2D eigenvalue weighted by atomic mass is 19.3. The molecule has 0 atom stereocenters. The molecule has 0 saturated heterocycles. The molecule has 0 unspecified atom stereocenters. The Morgan fingerprint density at radius 2 is 1.76 bits per heavy atom. The van der Waals surface area contributed by atoms with Crippen LogP contribution in [0.2, 0.25) is 0 Å². The van der Waals surface area contributed by atoms with Gasteiger partial charge in [0.05, 0.1) is 12.6 Å². The summed E-state index contributed by atoms with van der Waals surface area (Å²) in [5.74, 6) is 1.02. The number of guanidine groups is 1. The molecule has 3 N–H and O–H groups in total. The fourth-order valence-electron chi connectivity index (χ4n) is 2.09. The lowest BCUT2D eigenvalue weighted by molar-refractivity contribution is -0.0504. The van der Waals surface area contributed by atoms with Gasteiger partial charge in [-0.15, -0.1) is 0 Å². The van der Waals surface area contributed by atoms with Crippen LogP contribution in [-0.2, 0) is 6.54 Å². The molecule has 0 aromatic heterocycles. The minimum atomic E-state index is -2.88. The first-order chi connectivity index (χ1) is 11.9. The summed E-state index contributed by atoms with van der Waals surface area (Å²) in [5, 5.41) is 2.94. The molecular weight excluding hydrogens is 328 g/mol. The number of hydrogen-bond acceptors (Lipinski definition) is 3. The maximum absolute atomic E-state index is 12.4. The topological polar surface area (TPSA) is 68.9 Å². The second-order valence-electron chi connectivity index (χ2n) is 5.50. The first kappa shape index (κ1) is 18.5. The highest BCUT2D eigenvalue weighted by molar-refractivity contribution is 5.92. The van der Waals surface area contributed by atoms with Gasteiger partial charge in [0.1, 0.15) is 11.5 Å². The average Bonchev–Trinajstić information content (AvgIpc) is 2.55. The zero-order valence-corrected chi connectivity index (χ0v) is 14.1. The van der Waals surface area contributed by atoms with E-state index in [0.29, 0.717) is 5.56 Å². The molecule has 0 spiro atoms. The lowest BCUT2D eigenvalue weighted by Gasteiger charge is -2.11. The van der Waals surface area contributed by atoms with E-state index in [1.807, 2.05) is 38.1 Å². The summed E-state index contributed by atoms with van der Waals surface area (Å²) in [6, 6.07) is 13.7. The normalized spacial score (nSPS) is 11.7. The Bertz CT molecular complexity index is 704. The van der Waals surface area contributed by atoms with Crippen molar-refractivity contribution in [3.8, 4) is 11.5 Å². The van der Waals surface area contributed by atoms with Crippen molar-refractivity contribution in [1.82, 2.24) is 0 Å². The van der Waals surface area contributed by atoms with E-state index in [0.717, 1.165) is 11.4 Å². The van der Waals surface area contributed by atoms with Crippen molar-refractivity contribution < 1.29 is 18.3 Å². The van der Waals surface area contributed by atoms with E-state index < -0.39 is 6.61 Å². The zero-order valence-electron chi connectivity index (χ0n) is 14.1. The van der Waals surface area contributed by atoms with Crippen molar-refractivity contribution >= 4 is 11.6 Å². The fourth-order valence-corrected chi connectivity index (χ4v) is 2.09. The number of para-hydroxylation sites is 1. The summed E-state index contributed by atoms with van der Waals surface area (Å²) in [7, 11) is 0. The number of halogens is 2. The van der Waals surface area contributed by atoms with Crippen LogP contribution in [0.1, 0.15) is 19.4 Å². The molecule has 0 amide bonds. The Labute approximate surface area is 145 Å². The first-order valence-electron chi connectivity index (χ1n) is 7.80. The molecule has 0 aliphatic rings. The summed E-state index contributed by atoms with van der Waals surface area (Å²) < 4.78 is 34.8. The molecule has 0 aliphatic heterocycles. The summed E-state index contributed by atoms with van der Waals surface area (Å²) >= 11 is 0. The van der Waals surface area contributed by atoms with Crippen molar-refractivity contribution in [3.05, 3.63) is 54.1 Å². The molecule has 2 aromatic rings. The number of rotatable bonds is 7. The van der Waals surface area contributed by atoms with Gasteiger partial charge in [0, 0.05) is 11.3 Å². The van der Waals surface area contributed by atoms with Gasteiger partial charge in [-0.25, -0.2) is 4.99 Å². The van der Waals surface area contributed by atoms with E-state index in [9.17, 15) is 8.78 Å². The molecule has 2 aromatic carbocycles. The summed E-state index contributed by atoms with van der Waals surface area (Å²) in [6.45, 7) is 1.14. The van der Waals surface area contributed by atoms with E-state index >= 15 is 0 Å². The lowest BCUT2D eigenvalue weighted by atomic mass is 10.2. The molecule has 0 aliphatic carbocycles. The van der Waals surface area contributed by atoms with Crippen LogP contribution in [0.5, 0.6) is 11.5 Å². The predicted octanol–water partition coefficient (Wildman–Crippen LogP) is 4.00. The molecule has 7 heteroatoms. The second-order valence-corrected chi connectivity index (χ2v) is 5.50. The van der Waals surface area contributed by atoms with Crippen LogP contribution < -0.4 is 20.5 Å². The molecule has 0 bridgehead atoms. The molecule has 0 fully saturated rings. The van der Waals surface area contributed by atoms with Gasteiger partial charge in [0.2, 0.25) is 0 Å². The maximum atomic E-state index is 12.4. The van der Waals surface area contributed by atoms with Crippen molar-refractivity contribution in [2.24, 2.45) is 10.7 Å². The van der Waals surface area contributed by atoms with Crippen LogP contribution in [-0.4, -0.2) is 18.7 Å². The largest absolute Gasteiger partial charge is 0.491 e. The molecule has 134 valence electrons. The van der Waals surface area contributed by atoms with Crippen molar-refractivity contribution in [3.63, 3.8) is 0 Å². The van der Waals surface area contributed by atoms with Crippen LogP contribution >= 0.6 is 0 Å². The molecule has 2 rings (SSSR count). The Kier molecular flexibility index (Phi) is 6.56. The van der Waals surface area contributed by atoms with E-state index in [1.165, 1.54) is 6.07 Å². The number of alkyl halides is 2. The predicted molar refractivity (Wildman–Crippen MR) is 94.2 cm³/mol. The number of aliphatic imine (C=N–C) groups is 1. The zero-order chi connectivity index (χ0) is 18.2. The highest BCUT2D eigenvalue weighted by Crippen LogP contribution is 2.21. The van der Waals surface area contributed by atoms with Crippen LogP contribution in [0, 0.1) is 0 Å². The Morgan fingerprint density at radius 1 is 1.08 bits per heavy atom. The summed E-state index contributed by atoms with van der Waals surface area (Å²) in [5.41, 5.74) is 7.11. The quantitative estimate of drug-likeness (QED) is 0.585. The van der Waals surface area contributed by atoms with E-state index in [-0.39, 0.29) is 24.4 Å². The molecule has 25 heavy (non-hydrogen) atoms. The van der Waals surface area contributed by atoms with Crippen LogP contribution in [0.4, 0.5) is 14.5 Å². The minimum Gasteiger partial charge on any atom is -0.491 e. The van der Waals surface area contributed by atoms with Gasteiger partial charge in [-0.3, -0.25) is 0 Å². The number of anilines is 1. The second kappa shape index (κ2) is 8.86. The van der Waals surface area contributed by atoms with Crippen molar-refractivity contribution in [2.45, 2.75) is 33.1 Å². The van der Waals surface area contributed by atoms with E-state index in [2.05, 4.69) is 15.0 Å². The van der Waals surface area contributed by atoms with Crippen LogP contribution in [0.15, 0.2) is 53.5 Å². The van der Waals surface area contributed by atoms with Crippen LogP contribution in [0.25, 0.3) is 0 Å². The average molecular weight is 349 g/mol. The standard InChI is InChI=1S/C18H21F2N3O2/c1-12(2)24-15-9-7-14(8-10-15)23-18(21)22-11-13-5-3-4-6-16(13)25-17(19)20/h3-10,12,17H,11H2,1-2H3,(H3,21,22,23). The molecule has 0 saturated carbocycles. The smallest absolute Gasteiger partial charge is 0.387 e. The molecular formula is C18H21F2N3O2. The molecule has 0 heterocycles. The molecule has 5 nitrogen and oxygen atoms in total. The number of nitrogens with zero attached hydrogens (tertiary/aromatic N) is 1. The third kappa shape index (κ3) is 6.29. The van der Waals surface area contributed by atoms with Crippen LogP contribution in [0.3, 0.4) is 0 Å². The van der Waals surface area contributed by atoms with Gasteiger partial charge in [-0.1, -0.05) is 18.2 Å². The third-order valence-corrected chi connectivity index (χ3v) is 3.11. The molecule has 0 radical (unpaired) electrons. The van der Waals surface area contributed by atoms with Gasteiger partial charge in [0.25, 0.3) is 0 Å². The Balaban J connectivity index is 1.98. The Morgan fingerprint density at radius 3 is 2.40 bits per heavy atom. The summed E-state index contributed by atoms with van der Waals surface area (Å²) in [6.07, 6.45) is 0.0981. The van der Waals surface area contributed by atoms with Gasteiger partial charge in [-0.2, -0.15) is 8.78 Å². The third-order valence-electron chi connectivity index (χ3n) is 3.11. The Hall–Kier alpha value is -2.83. The van der Waals surface area contributed by atoms with Gasteiger partial charge < -0.3 is 20.5 Å².